The maximum atomic E-state index is 5.25. The highest BCUT2D eigenvalue weighted by atomic mass is 15.0. The highest BCUT2D eigenvalue weighted by molar-refractivity contribution is 6.14. The van der Waals surface area contributed by atoms with Gasteiger partial charge in [0.1, 0.15) is 0 Å². The van der Waals surface area contributed by atoms with Gasteiger partial charge in [0, 0.05) is 33.0 Å². The van der Waals surface area contributed by atoms with Gasteiger partial charge in [0.15, 0.2) is 17.5 Å². The third kappa shape index (κ3) is 5.86. The molecule has 54 heavy (non-hydrogen) atoms. The molecule has 0 aliphatic heterocycles. The maximum absolute atomic E-state index is 5.25. The monoisotopic (exact) mass is 688 g/mol. The molecule has 4 nitrogen and oxygen atoms in total. The van der Waals surface area contributed by atoms with E-state index in [0.29, 0.717) is 17.5 Å². The first-order valence-electron chi connectivity index (χ1n) is 18.1. The van der Waals surface area contributed by atoms with Gasteiger partial charge in [-0.25, -0.2) is 19.9 Å². The standard InChI is InChI=1S/C50H32N4/c1-3-11-33(12-4-1)35-19-25-38(26-20-35)48-52-49(39-27-21-36(22-28-39)34-13-5-2-6-14-34)54-50(53-48)40-29-23-37(24-30-40)47-44-18-10-9-17-43(44)45-31-41-15-7-8-16-42(41)32-46(45)51-47/h1-32H. The van der Waals surface area contributed by atoms with E-state index in [-0.39, 0.29) is 0 Å². The van der Waals surface area contributed by atoms with Crippen LogP contribution in [0.3, 0.4) is 0 Å². The number of pyridine rings is 1. The van der Waals surface area contributed by atoms with Gasteiger partial charge in [-0.1, -0.05) is 182 Å². The normalized spacial score (nSPS) is 11.3. The van der Waals surface area contributed by atoms with E-state index in [2.05, 4.69) is 182 Å². The minimum atomic E-state index is 0.614. The van der Waals surface area contributed by atoms with Crippen molar-refractivity contribution in [3.8, 4) is 67.7 Å². The molecule has 0 aliphatic rings. The Morgan fingerprint density at radius 3 is 1.11 bits per heavy atom. The summed E-state index contributed by atoms with van der Waals surface area (Å²) in [5.41, 5.74) is 10.3. The second kappa shape index (κ2) is 13.4. The van der Waals surface area contributed by atoms with Crippen molar-refractivity contribution in [2.45, 2.75) is 0 Å². The molecule has 10 aromatic rings. The van der Waals surface area contributed by atoms with Crippen LogP contribution >= 0.6 is 0 Å². The first-order chi connectivity index (χ1) is 26.7. The Morgan fingerprint density at radius 1 is 0.241 bits per heavy atom. The van der Waals surface area contributed by atoms with Gasteiger partial charge in [0.05, 0.1) is 11.2 Å². The average molecular weight is 689 g/mol. The molecule has 8 aromatic carbocycles. The molecule has 0 saturated carbocycles. The number of aromatic nitrogens is 4. The quantitative estimate of drug-likeness (QED) is 0.129. The molecule has 0 N–H and O–H groups in total. The molecule has 2 heterocycles. The summed E-state index contributed by atoms with van der Waals surface area (Å²) in [6.45, 7) is 0. The van der Waals surface area contributed by atoms with Gasteiger partial charge in [-0.2, -0.15) is 0 Å². The van der Waals surface area contributed by atoms with Crippen molar-refractivity contribution in [1.29, 1.82) is 0 Å². The lowest BCUT2D eigenvalue weighted by atomic mass is 9.97. The van der Waals surface area contributed by atoms with Crippen LogP contribution in [0.25, 0.3) is 100 Å². The number of hydrogen-bond acceptors (Lipinski definition) is 4. The summed E-state index contributed by atoms with van der Waals surface area (Å²) in [5, 5.41) is 5.86. The van der Waals surface area contributed by atoms with Crippen LogP contribution in [0.4, 0.5) is 0 Å². The fourth-order valence-electron chi connectivity index (χ4n) is 7.29. The summed E-state index contributed by atoms with van der Waals surface area (Å²) in [7, 11) is 0. The minimum absolute atomic E-state index is 0.614. The van der Waals surface area contributed by atoms with E-state index in [1.807, 2.05) is 12.1 Å². The SMILES string of the molecule is c1ccc(-c2ccc(-c3nc(-c4ccc(-c5ccccc5)cc4)nc(-c4ccc(-c5nc6cc7ccccc7cc6c6ccccc56)cc4)n3)cc2)cc1. The maximum Gasteiger partial charge on any atom is 0.164 e. The van der Waals surface area contributed by atoms with Crippen LogP contribution in [-0.4, -0.2) is 19.9 Å². The third-order valence-electron chi connectivity index (χ3n) is 10.1. The molecule has 252 valence electrons. The lowest BCUT2D eigenvalue weighted by molar-refractivity contribution is 1.07. The Labute approximate surface area is 313 Å². The number of rotatable bonds is 6. The van der Waals surface area contributed by atoms with Crippen molar-refractivity contribution in [3.05, 3.63) is 194 Å². The summed E-state index contributed by atoms with van der Waals surface area (Å²) >= 11 is 0. The average Bonchev–Trinajstić information content (AvgIpc) is 3.26. The van der Waals surface area contributed by atoms with E-state index in [0.717, 1.165) is 55.4 Å². The fourth-order valence-corrected chi connectivity index (χ4v) is 7.29. The molecule has 10 rings (SSSR count). The summed E-state index contributed by atoms with van der Waals surface area (Å²) in [5.74, 6) is 1.86. The molecule has 0 amide bonds. The van der Waals surface area contributed by atoms with Gasteiger partial charge in [-0.15, -0.1) is 0 Å². The second-order valence-electron chi connectivity index (χ2n) is 13.5. The predicted molar refractivity (Wildman–Crippen MR) is 223 cm³/mol. The fraction of sp³-hybridized carbons (Fsp3) is 0. The Morgan fingerprint density at radius 2 is 0.611 bits per heavy atom. The van der Waals surface area contributed by atoms with E-state index in [1.165, 1.54) is 27.3 Å². The molecule has 0 radical (unpaired) electrons. The number of benzene rings is 8. The van der Waals surface area contributed by atoms with Crippen LogP contribution in [0.5, 0.6) is 0 Å². The molecule has 4 heteroatoms. The molecule has 0 bridgehead atoms. The summed E-state index contributed by atoms with van der Waals surface area (Å²) in [6, 6.07) is 67.6. The van der Waals surface area contributed by atoms with Gasteiger partial charge >= 0.3 is 0 Å². The van der Waals surface area contributed by atoms with Crippen LogP contribution in [0.1, 0.15) is 0 Å². The largest absolute Gasteiger partial charge is 0.247 e. The summed E-state index contributed by atoms with van der Waals surface area (Å²) < 4.78 is 0. The van der Waals surface area contributed by atoms with Crippen molar-refractivity contribution in [1.82, 2.24) is 19.9 Å². The Bertz CT molecular complexity index is 2840. The Balaban J connectivity index is 1.06. The third-order valence-corrected chi connectivity index (χ3v) is 10.1. The highest BCUT2D eigenvalue weighted by Crippen LogP contribution is 2.36. The molecule has 0 fully saturated rings. The van der Waals surface area contributed by atoms with E-state index >= 15 is 0 Å². The van der Waals surface area contributed by atoms with Crippen molar-refractivity contribution in [2.75, 3.05) is 0 Å². The zero-order valence-electron chi connectivity index (χ0n) is 29.3. The second-order valence-corrected chi connectivity index (χ2v) is 13.5. The van der Waals surface area contributed by atoms with E-state index in [9.17, 15) is 0 Å². The number of hydrogen-bond donors (Lipinski definition) is 0. The van der Waals surface area contributed by atoms with Crippen LogP contribution in [-0.2, 0) is 0 Å². The van der Waals surface area contributed by atoms with E-state index < -0.39 is 0 Å². The van der Waals surface area contributed by atoms with Gasteiger partial charge in [-0.05, 0) is 50.5 Å². The Kier molecular flexibility index (Phi) is 7.77. The van der Waals surface area contributed by atoms with Gasteiger partial charge in [0.2, 0.25) is 0 Å². The molecular formula is C50H32N4. The van der Waals surface area contributed by atoms with Crippen LogP contribution in [0.15, 0.2) is 194 Å². The zero-order valence-corrected chi connectivity index (χ0v) is 29.3. The lowest BCUT2D eigenvalue weighted by Crippen LogP contribution is -2.00. The first kappa shape index (κ1) is 31.4. The number of nitrogens with zero attached hydrogens (tertiary/aromatic N) is 4. The van der Waals surface area contributed by atoms with E-state index in [1.54, 1.807) is 0 Å². The molecule has 0 saturated heterocycles. The lowest BCUT2D eigenvalue weighted by Gasteiger charge is -2.12. The van der Waals surface area contributed by atoms with Crippen LogP contribution in [0, 0.1) is 0 Å². The van der Waals surface area contributed by atoms with Crippen molar-refractivity contribution >= 4 is 32.4 Å². The van der Waals surface area contributed by atoms with Gasteiger partial charge in [0.25, 0.3) is 0 Å². The number of fused-ring (bicyclic) bond motifs is 4. The molecule has 0 aliphatic carbocycles. The van der Waals surface area contributed by atoms with Crippen molar-refractivity contribution in [3.63, 3.8) is 0 Å². The van der Waals surface area contributed by atoms with Crippen molar-refractivity contribution < 1.29 is 0 Å². The summed E-state index contributed by atoms with van der Waals surface area (Å²) in [6.07, 6.45) is 0. The predicted octanol–water partition coefficient (Wildman–Crippen LogP) is 12.7. The van der Waals surface area contributed by atoms with E-state index in [4.69, 9.17) is 19.9 Å². The smallest absolute Gasteiger partial charge is 0.164 e. The van der Waals surface area contributed by atoms with Crippen LogP contribution < -0.4 is 0 Å². The molecule has 2 aromatic heterocycles. The molecular weight excluding hydrogens is 657 g/mol. The highest BCUT2D eigenvalue weighted by Gasteiger charge is 2.15. The zero-order chi connectivity index (χ0) is 35.8. The molecule has 0 unspecified atom stereocenters. The van der Waals surface area contributed by atoms with Crippen molar-refractivity contribution in [2.24, 2.45) is 0 Å². The molecule has 0 spiro atoms. The summed E-state index contributed by atoms with van der Waals surface area (Å²) in [4.78, 5) is 20.4. The topological polar surface area (TPSA) is 51.6 Å². The van der Waals surface area contributed by atoms with Gasteiger partial charge in [-0.3, -0.25) is 0 Å². The van der Waals surface area contributed by atoms with Crippen LogP contribution in [0.2, 0.25) is 0 Å². The molecule has 0 atom stereocenters. The minimum Gasteiger partial charge on any atom is -0.247 e. The Hall–Kier alpha value is -7.30. The van der Waals surface area contributed by atoms with Gasteiger partial charge < -0.3 is 0 Å². The first-order valence-corrected chi connectivity index (χ1v) is 18.1.